The highest BCUT2D eigenvalue weighted by Gasteiger charge is 2.28. The van der Waals surface area contributed by atoms with Crippen molar-refractivity contribution in [1.82, 2.24) is 0 Å². The molecule has 0 aliphatic heterocycles. The summed E-state index contributed by atoms with van der Waals surface area (Å²) in [6.07, 6.45) is 2.76. The first-order valence-corrected chi connectivity index (χ1v) is 18.2. The summed E-state index contributed by atoms with van der Waals surface area (Å²) in [5.74, 6) is 0.297. The SMILES string of the molecule is CCC(C)(C)c1ccc(O)c(S(=S)c2cc(C(C)(C)CC)cc(S(=S)c3cc(C(C)(C)CC)ccc3O)c2O)c1. The highest BCUT2D eigenvalue weighted by molar-refractivity contribution is 8.29. The molecule has 3 aromatic rings. The van der Waals surface area contributed by atoms with Crippen molar-refractivity contribution in [3.05, 3.63) is 65.2 Å². The van der Waals surface area contributed by atoms with Crippen molar-refractivity contribution in [2.75, 3.05) is 0 Å². The Morgan fingerprint density at radius 3 is 1.15 bits per heavy atom. The minimum absolute atomic E-state index is 0.0476. The lowest BCUT2D eigenvalue weighted by Crippen LogP contribution is -2.17. The summed E-state index contributed by atoms with van der Waals surface area (Å²) in [4.78, 5) is 2.41. The Labute approximate surface area is 255 Å². The Morgan fingerprint density at radius 2 is 0.825 bits per heavy atom. The molecule has 7 heteroatoms. The fourth-order valence-corrected chi connectivity index (χ4v) is 8.40. The van der Waals surface area contributed by atoms with Gasteiger partial charge in [0.2, 0.25) is 0 Å². The third kappa shape index (κ3) is 6.48. The molecule has 3 aromatic carbocycles. The third-order valence-corrected chi connectivity index (χ3v) is 13.8. The topological polar surface area (TPSA) is 60.7 Å². The molecule has 0 aliphatic carbocycles. The number of benzene rings is 3. The fraction of sp³-hybridized carbons (Fsp3) is 0.455. The summed E-state index contributed by atoms with van der Waals surface area (Å²) in [7, 11) is -2.09. The van der Waals surface area contributed by atoms with Crippen LogP contribution in [0.25, 0.3) is 0 Å². The van der Waals surface area contributed by atoms with Gasteiger partial charge in [0, 0.05) is 0 Å². The zero-order chi connectivity index (χ0) is 30.2. The van der Waals surface area contributed by atoms with Crippen LogP contribution in [0.15, 0.2) is 68.1 Å². The van der Waals surface area contributed by atoms with Crippen LogP contribution in [0, 0.1) is 0 Å². The molecule has 2 atom stereocenters. The van der Waals surface area contributed by atoms with Gasteiger partial charge in [-0.25, -0.2) is 0 Å². The van der Waals surface area contributed by atoms with E-state index in [-0.39, 0.29) is 33.5 Å². The second-order valence-corrected chi connectivity index (χ2v) is 17.3. The molecule has 0 spiro atoms. The van der Waals surface area contributed by atoms with Crippen molar-refractivity contribution < 1.29 is 15.3 Å². The first-order chi connectivity index (χ1) is 18.5. The third-order valence-electron chi connectivity index (χ3n) is 8.75. The molecule has 3 N–H and O–H groups in total. The van der Waals surface area contributed by atoms with Crippen molar-refractivity contribution >= 4 is 41.3 Å². The number of phenols is 3. The van der Waals surface area contributed by atoms with Crippen LogP contribution in [0.2, 0.25) is 0 Å². The lowest BCUT2D eigenvalue weighted by Gasteiger charge is -2.27. The van der Waals surface area contributed by atoms with Crippen molar-refractivity contribution in [2.24, 2.45) is 0 Å². The summed E-state index contributed by atoms with van der Waals surface area (Å²) >= 11 is 12.2. The molecule has 0 amide bonds. The molecule has 0 aromatic heterocycles. The van der Waals surface area contributed by atoms with Gasteiger partial charge < -0.3 is 15.3 Å². The van der Waals surface area contributed by atoms with Gasteiger partial charge in [0.25, 0.3) is 0 Å². The van der Waals surface area contributed by atoms with Crippen LogP contribution in [0.1, 0.15) is 98.3 Å². The molecule has 0 saturated heterocycles. The molecule has 0 bridgehead atoms. The van der Waals surface area contributed by atoms with Crippen molar-refractivity contribution in [1.29, 1.82) is 0 Å². The average Bonchev–Trinajstić information content (AvgIpc) is 2.92. The first kappa shape index (κ1) is 32.7. The van der Waals surface area contributed by atoms with Gasteiger partial charge in [-0.2, -0.15) is 0 Å². The molecular formula is C33H44O3S4. The minimum atomic E-state index is -1.04. The van der Waals surface area contributed by atoms with E-state index in [1.807, 2.05) is 36.4 Å². The van der Waals surface area contributed by atoms with E-state index >= 15 is 0 Å². The molecule has 3 rings (SSSR count). The van der Waals surface area contributed by atoms with Crippen molar-refractivity contribution in [2.45, 2.75) is 117 Å². The predicted octanol–water partition coefficient (Wildman–Crippen LogP) is 8.86. The molecule has 0 radical (unpaired) electrons. The predicted molar refractivity (Wildman–Crippen MR) is 177 cm³/mol. The van der Waals surface area contributed by atoms with Crippen LogP contribution >= 0.6 is 0 Å². The van der Waals surface area contributed by atoms with Gasteiger partial charge >= 0.3 is 0 Å². The Balaban J connectivity index is 2.28. The molecule has 3 nitrogen and oxygen atoms in total. The molecule has 0 fully saturated rings. The van der Waals surface area contributed by atoms with E-state index in [4.69, 9.17) is 22.4 Å². The van der Waals surface area contributed by atoms with Gasteiger partial charge in [-0.1, -0.05) is 93.4 Å². The lowest BCUT2D eigenvalue weighted by molar-refractivity contribution is 0.442. The van der Waals surface area contributed by atoms with E-state index in [1.165, 1.54) is 0 Å². The Hall–Kier alpha value is -1.80. The molecular weight excluding hydrogens is 573 g/mol. The number of aromatic hydroxyl groups is 3. The quantitative estimate of drug-likeness (QED) is 0.212. The Bertz CT molecular complexity index is 1360. The smallest absolute Gasteiger partial charge is 0.144 e. The van der Waals surface area contributed by atoms with Crippen LogP contribution in [0.4, 0.5) is 0 Å². The van der Waals surface area contributed by atoms with Gasteiger partial charge in [-0.05, 0) is 111 Å². The average molecular weight is 617 g/mol. The van der Waals surface area contributed by atoms with Crippen LogP contribution in [-0.2, 0) is 57.5 Å². The summed E-state index contributed by atoms with van der Waals surface area (Å²) in [6.45, 7) is 19.5. The second kappa shape index (κ2) is 12.2. The number of phenolic OH excluding ortho intramolecular Hbond substituents is 3. The Morgan fingerprint density at radius 1 is 0.525 bits per heavy atom. The van der Waals surface area contributed by atoms with E-state index in [9.17, 15) is 15.3 Å². The maximum Gasteiger partial charge on any atom is 0.144 e. The standard InChI is InChI=1S/C33H44O3S4/c1-10-31(4,5)21-13-15-24(34)26(17-21)39(37)28-19-23(33(8,9)12-3)20-29(30(28)36)40(38)27-18-22(14-16-25(27)35)32(6,7)11-2/h13-20,34-36H,10-12H2,1-9H3. The highest BCUT2D eigenvalue weighted by atomic mass is 32.8. The first-order valence-electron chi connectivity index (χ1n) is 13.9. The van der Waals surface area contributed by atoms with Gasteiger partial charge in [0.1, 0.15) is 17.2 Å². The van der Waals surface area contributed by atoms with E-state index in [0.29, 0.717) is 19.6 Å². The maximum absolute atomic E-state index is 11.8. The lowest BCUT2D eigenvalue weighted by atomic mass is 9.82. The monoisotopic (exact) mass is 616 g/mol. The van der Waals surface area contributed by atoms with Gasteiger partial charge in [-0.3, -0.25) is 0 Å². The molecule has 40 heavy (non-hydrogen) atoms. The van der Waals surface area contributed by atoms with E-state index in [2.05, 4.69) is 62.3 Å². The molecule has 2 unspecified atom stereocenters. The fourth-order valence-electron chi connectivity index (χ4n) is 4.27. The summed E-state index contributed by atoms with van der Waals surface area (Å²) in [5.41, 5.74) is 2.86. The zero-order valence-corrected chi connectivity index (χ0v) is 28.5. The molecule has 218 valence electrons. The molecule has 0 aliphatic rings. The number of hydrogen-bond acceptors (Lipinski definition) is 5. The summed E-state index contributed by atoms with van der Waals surface area (Å²) < 4.78 is 0. The van der Waals surface area contributed by atoms with Crippen LogP contribution in [0.3, 0.4) is 0 Å². The molecule has 0 saturated carbocycles. The summed E-state index contributed by atoms with van der Waals surface area (Å²) in [5, 5.41) is 33.6. The van der Waals surface area contributed by atoms with E-state index in [1.54, 1.807) is 12.1 Å². The normalized spacial score (nSPS) is 14.2. The van der Waals surface area contributed by atoms with Crippen LogP contribution in [-0.4, -0.2) is 15.3 Å². The largest absolute Gasteiger partial charge is 0.507 e. The van der Waals surface area contributed by atoms with Crippen LogP contribution in [0.5, 0.6) is 17.2 Å². The van der Waals surface area contributed by atoms with Gasteiger partial charge in [-0.15, -0.1) is 0 Å². The second-order valence-electron chi connectivity index (χ2n) is 12.4. The minimum Gasteiger partial charge on any atom is -0.507 e. The number of rotatable bonds is 10. The van der Waals surface area contributed by atoms with Crippen molar-refractivity contribution in [3.8, 4) is 17.2 Å². The van der Waals surface area contributed by atoms with Gasteiger partial charge in [0.15, 0.2) is 0 Å². The maximum atomic E-state index is 11.8. The van der Waals surface area contributed by atoms with Crippen molar-refractivity contribution in [3.63, 3.8) is 0 Å². The van der Waals surface area contributed by atoms with Gasteiger partial charge in [0.05, 0.1) is 19.6 Å². The zero-order valence-electron chi connectivity index (χ0n) is 25.2. The van der Waals surface area contributed by atoms with E-state index in [0.717, 1.165) is 36.0 Å². The Kier molecular flexibility index (Phi) is 9.98. The highest BCUT2D eigenvalue weighted by Crippen LogP contribution is 2.43. The number of hydrogen-bond donors (Lipinski definition) is 3. The molecule has 0 heterocycles. The van der Waals surface area contributed by atoms with Crippen LogP contribution < -0.4 is 0 Å². The summed E-state index contributed by atoms with van der Waals surface area (Å²) in [6, 6.07) is 15.3. The van der Waals surface area contributed by atoms with E-state index < -0.39 is 18.9 Å².